The number of nitrogens with one attached hydrogen (secondary N) is 1. The van der Waals surface area contributed by atoms with Gasteiger partial charge in [-0.15, -0.1) is 0 Å². The fraction of sp³-hybridized carbons (Fsp3) is 0.524. The average molecular weight is 337 g/mol. The summed E-state index contributed by atoms with van der Waals surface area (Å²) < 4.78 is 0. The molecule has 4 rings (SSSR count). The number of rotatable bonds is 2. The summed E-state index contributed by atoms with van der Waals surface area (Å²) in [7, 11) is 0. The van der Waals surface area contributed by atoms with Crippen molar-refractivity contribution in [3.63, 3.8) is 0 Å². The maximum absolute atomic E-state index is 13.3. The van der Waals surface area contributed by atoms with Crippen molar-refractivity contribution >= 4 is 16.8 Å². The molecule has 25 heavy (non-hydrogen) atoms. The van der Waals surface area contributed by atoms with Gasteiger partial charge in [-0.1, -0.05) is 32.0 Å². The van der Waals surface area contributed by atoms with Gasteiger partial charge in [-0.3, -0.25) is 9.78 Å². The molecule has 2 aliphatic rings. The Labute approximate surface area is 149 Å². The van der Waals surface area contributed by atoms with E-state index in [4.69, 9.17) is 4.98 Å². The Hall–Kier alpha value is -1.94. The van der Waals surface area contributed by atoms with Crippen molar-refractivity contribution < 1.29 is 4.79 Å². The summed E-state index contributed by atoms with van der Waals surface area (Å²) in [5.41, 5.74) is 3.16. The lowest BCUT2D eigenvalue weighted by atomic mass is 9.77. The van der Waals surface area contributed by atoms with E-state index in [-0.39, 0.29) is 5.91 Å². The van der Waals surface area contributed by atoms with Crippen LogP contribution >= 0.6 is 0 Å². The normalized spacial score (nSPS) is 19.9. The second-order valence-electron chi connectivity index (χ2n) is 7.99. The minimum absolute atomic E-state index is 0.168. The molecule has 4 heteroatoms. The maximum Gasteiger partial charge on any atom is 0.254 e. The number of pyridine rings is 1. The highest BCUT2D eigenvalue weighted by Gasteiger charge is 2.38. The Morgan fingerprint density at radius 3 is 2.64 bits per heavy atom. The molecule has 1 amide bonds. The molecular weight excluding hydrogens is 310 g/mol. The van der Waals surface area contributed by atoms with Crippen LogP contribution in [0.4, 0.5) is 0 Å². The Morgan fingerprint density at radius 2 is 1.96 bits per heavy atom. The predicted octanol–water partition coefficient (Wildman–Crippen LogP) is 3.57. The first-order valence-corrected chi connectivity index (χ1v) is 9.48. The lowest BCUT2D eigenvalue weighted by Gasteiger charge is -2.39. The number of aromatic nitrogens is 1. The molecule has 0 radical (unpaired) electrons. The molecule has 0 bridgehead atoms. The molecule has 3 heterocycles. The zero-order valence-electron chi connectivity index (χ0n) is 15.2. The number of amides is 1. The molecule has 1 spiro atoms. The monoisotopic (exact) mass is 337 g/mol. The number of benzene rings is 1. The van der Waals surface area contributed by atoms with Crippen molar-refractivity contribution in [2.24, 2.45) is 5.41 Å². The molecule has 0 saturated carbocycles. The van der Waals surface area contributed by atoms with E-state index in [9.17, 15) is 4.79 Å². The molecule has 1 N–H and O–H groups in total. The molecule has 4 nitrogen and oxygen atoms in total. The largest absolute Gasteiger partial charge is 0.339 e. The number of carbonyl (C=O) groups is 1. The predicted molar refractivity (Wildman–Crippen MR) is 101 cm³/mol. The first kappa shape index (κ1) is 16.5. The Morgan fingerprint density at radius 1 is 1.20 bits per heavy atom. The second-order valence-corrected chi connectivity index (χ2v) is 7.99. The molecular formula is C21H27N3O. The van der Waals surface area contributed by atoms with Gasteiger partial charge in [-0.25, -0.2) is 0 Å². The van der Waals surface area contributed by atoms with Crippen molar-refractivity contribution in [3.8, 4) is 0 Å². The van der Waals surface area contributed by atoms with E-state index >= 15 is 0 Å². The molecule has 1 aromatic heterocycles. The molecule has 2 aromatic rings. The van der Waals surface area contributed by atoms with E-state index in [1.54, 1.807) is 0 Å². The Balaban J connectivity index is 1.63. The first-order chi connectivity index (χ1) is 12.1. The van der Waals surface area contributed by atoms with Crippen LogP contribution in [0.1, 0.15) is 55.1 Å². The van der Waals surface area contributed by atoms with Gasteiger partial charge in [-0.2, -0.15) is 0 Å². The van der Waals surface area contributed by atoms with Crippen LogP contribution in [0, 0.1) is 5.41 Å². The van der Waals surface area contributed by atoms with Gasteiger partial charge in [0, 0.05) is 30.7 Å². The third-order valence-electron chi connectivity index (χ3n) is 6.00. The van der Waals surface area contributed by atoms with Crippen molar-refractivity contribution in [1.82, 2.24) is 15.2 Å². The highest BCUT2D eigenvalue weighted by molar-refractivity contribution is 6.06. The summed E-state index contributed by atoms with van der Waals surface area (Å²) in [5, 5.41) is 4.46. The van der Waals surface area contributed by atoms with Gasteiger partial charge < -0.3 is 10.2 Å². The third-order valence-corrected chi connectivity index (χ3v) is 6.00. The van der Waals surface area contributed by atoms with Crippen LogP contribution in [0.2, 0.25) is 0 Å². The molecule has 2 saturated heterocycles. The SMILES string of the molecule is CC(C)c1cc(C(=O)N2CCC3(CCNC3)CC2)c2ccccc2n1. The van der Waals surface area contributed by atoms with Gasteiger partial charge in [-0.05, 0) is 49.3 Å². The van der Waals surface area contributed by atoms with Crippen LogP contribution in [0.5, 0.6) is 0 Å². The fourth-order valence-corrected chi connectivity index (χ4v) is 4.25. The quantitative estimate of drug-likeness (QED) is 0.911. The molecule has 0 unspecified atom stereocenters. The molecule has 1 aromatic carbocycles. The minimum atomic E-state index is 0.168. The number of piperidine rings is 1. The van der Waals surface area contributed by atoms with E-state index in [0.29, 0.717) is 11.3 Å². The zero-order valence-corrected chi connectivity index (χ0v) is 15.2. The van der Waals surface area contributed by atoms with Crippen LogP contribution in [0.15, 0.2) is 30.3 Å². The van der Waals surface area contributed by atoms with Crippen LogP contribution in [-0.4, -0.2) is 42.0 Å². The van der Waals surface area contributed by atoms with Gasteiger partial charge in [0.1, 0.15) is 0 Å². The Kier molecular flexibility index (Phi) is 4.24. The maximum atomic E-state index is 13.3. The second kappa shape index (κ2) is 6.41. The average Bonchev–Trinajstić information content (AvgIpc) is 3.09. The van der Waals surface area contributed by atoms with Crippen LogP contribution in [0.25, 0.3) is 10.9 Å². The van der Waals surface area contributed by atoms with E-state index in [0.717, 1.165) is 61.2 Å². The summed E-state index contributed by atoms with van der Waals surface area (Å²) in [6.45, 7) is 8.24. The number of hydrogen-bond acceptors (Lipinski definition) is 3. The smallest absolute Gasteiger partial charge is 0.254 e. The number of carbonyl (C=O) groups excluding carboxylic acids is 1. The number of fused-ring (bicyclic) bond motifs is 1. The molecule has 2 fully saturated rings. The van der Waals surface area contributed by atoms with E-state index in [2.05, 4.69) is 24.1 Å². The lowest BCUT2D eigenvalue weighted by molar-refractivity contribution is 0.0609. The standard InChI is InChI=1S/C21H27N3O/c1-15(2)19-13-17(16-5-3-4-6-18(16)23-19)20(25)24-11-8-21(9-12-24)7-10-22-14-21/h3-6,13,15,22H,7-12,14H2,1-2H3. The highest BCUT2D eigenvalue weighted by Crippen LogP contribution is 2.37. The minimum Gasteiger partial charge on any atom is -0.339 e. The topological polar surface area (TPSA) is 45.2 Å². The van der Waals surface area contributed by atoms with Crippen molar-refractivity contribution in [3.05, 3.63) is 41.6 Å². The number of hydrogen-bond donors (Lipinski definition) is 1. The van der Waals surface area contributed by atoms with Gasteiger partial charge >= 0.3 is 0 Å². The van der Waals surface area contributed by atoms with Crippen molar-refractivity contribution in [2.45, 2.75) is 39.0 Å². The summed E-state index contributed by atoms with van der Waals surface area (Å²) in [6, 6.07) is 10.0. The number of nitrogens with zero attached hydrogens (tertiary/aromatic N) is 2. The number of likely N-dealkylation sites (tertiary alicyclic amines) is 1. The first-order valence-electron chi connectivity index (χ1n) is 9.48. The van der Waals surface area contributed by atoms with Gasteiger partial charge in [0.15, 0.2) is 0 Å². The van der Waals surface area contributed by atoms with Gasteiger partial charge in [0.2, 0.25) is 0 Å². The van der Waals surface area contributed by atoms with Crippen LogP contribution in [-0.2, 0) is 0 Å². The third kappa shape index (κ3) is 3.04. The molecule has 0 atom stereocenters. The molecule has 0 aliphatic carbocycles. The lowest BCUT2D eigenvalue weighted by Crippen LogP contribution is -2.44. The molecule has 132 valence electrons. The van der Waals surface area contributed by atoms with Crippen LogP contribution in [0.3, 0.4) is 0 Å². The highest BCUT2D eigenvalue weighted by atomic mass is 16.2. The van der Waals surface area contributed by atoms with E-state index in [1.165, 1.54) is 6.42 Å². The summed E-state index contributed by atoms with van der Waals surface area (Å²) >= 11 is 0. The summed E-state index contributed by atoms with van der Waals surface area (Å²) in [5.74, 6) is 0.478. The van der Waals surface area contributed by atoms with Crippen LogP contribution < -0.4 is 5.32 Å². The molecule has 2 aliphatic heterocycles. The summed E-state index contributed by atoms with van der Waals surface area (Å²) in [4.78, 5) is 20.1. The van der Waals surface area contributed by atoms with Gasteiger partial charge in [0.05, 0.1) is 11.1 Å². The summed E-state index contributed by atoms with van der Waals surface area (Å²) in [6.07, 6.45) is 3.49. The fourth-order valence-electron chi connectivity index (χ4n) is 4.25. The Bertz CT molecular complexity index is 783. The van der Waals surface area contributed by atoms with E-state index < -0.39 is 0 Å². The van der Waals surface area contributed by atoms with Gasteiger partial charge in [0.25, 0.3) is 5.91 Å². The van der Waals surface area contributed by atoms with E-state index in [1.807, 2.05) is 30.3 Å². The number of para-hydroxylation sites is 1. The zero-order chi connectivity index (χ0) is 17.4. The van der Waals surface area contributed by atoms with Crippen molar-refractivity contribution in [1.29, 1.82) is 0 Å². The van der Waals surface area contributed by atoms with Crippen molar-refractivity contribution in [2.75, 3.05) is 26.2 Å².